The Morgan fingerprint density at radius 1 is 0.882 bits per heavy atom. The van der Waals surface area contributed by atoms with Gasteiger partial charge in [0.2, 0.25) is 0 Å². The standard InChI is InChI=1S/2C3H2O2S3.Zn/c2*4-3(5)2-1-6-8-7-2;/h2*1H,(H,4,5);. The average molecular weight is 398 g/mol. The predicted octanol–water partition coefficient (Wildman–Crippen LogP) is 3.91. The molecule has 17 heavy (non-hydrogen) atoms. The van der Waals surface area contributed by atoms with E-state index in [4.69, 9.17) is 10.2 Å². The van der Waals surface area contributed by atoms with Gasteiger partial charge in [-0.25, -0.2) is 9.59 Å². The van der Waals surface area contributed by atoms with Crippen molar-refractivity contribution in [1.29, 1.82) is 0 Å². The third kappa shape index (κ3) is 7.34. The molecule has 0 saturated carbocycles. The normalized spacial score (nSPS) is 17.2. The van der Waals surface area contributed by atoms with Crippen LogP contribution in [-0.4, -0.2) is 22.2 Å². The molecule has 0 atom stereocenters. The van der Waals surface area contributed by atoms with E-state index in [2.05, 4.69) is 0 Å². The molecule has 2 rings (SSSR count). The summed E-state index contributed by atoms with van der Waals surface area (Å²) in [5.41, 5.74) is 0. The quantitative estimate of drug-likeness (QED) is 0.529. The Labute approximate surface area is 133 Å². The second-order valence-electron chi connectivity index (χ2n) is 2.07. The summed E-state index contributed by atoms with van der Waals surface area (Å²) in [6.07, 6.45) is 0. The van der Waals surface area contributed by atoms with Gasteiger partial charge in [0, 0.05) is 30.3 Å². The molecule has 90 valence electrons. The minimum absolute atomic E-state index is 0. The second kappa shape index (κ2) is 9.99. The molecule has 0 bridgehead atoms. The molecule has 2 N–H and O–H groups in total. The largest absolute Gasteiger partial charge is 0.477 e. The Morgan fingerprint density at radius 3 is 1.35 bits per heavy atom. The number of aliphatic carboxylic acids is 2. The zero-order valence-electron chi connectivity index (χ0n) is 8.02. The summed E-state index contributed by atoms with van der Waals surface area (Å²) in [5.74, 6) is -1.65. The maximum atomic E-state index is 10.1. The van der Waals surface area contributed by atoms with Gasteiger partial charge in [0.25, 0.3) is 0 Å². The third-order valence-corrected chi connectivity index (χ3v) is 8.43. The zero-order chi connectivity index (χ0) is 12.0. The van der Waals surface area contributed by atoms with Crippen LogP contribution in [0.4, 0.5) is 0 Å². The third-order valence-electron chi connectivity index (χ3n) is 1.06. The van der Waals surface area contributed by atoms with Crippen LogP contribution in [0.3, 0.4) is 0 Å². The second-order valence-corrected chi connectivity index (χ2v) is 9.83. The van der Waals surface area contributed by atoms with Crippen molar-refractivity contribution in [2.75, 3.05) is 0 Å². The Hall–Kier alpha value is 1.14. The van der Waals surface area contributed by atoms with E-state index >= 15 is 0 Å². The molecular weight excluding hydrogens is 394 g/mol. The van der Waals surface area contributed by atoms with Gasteiger partial charge in [-0.05, 0) is 41.2 Å². The summed E-state index contributed by atoms with van der Waals surface area (Å²) in [6, 6.07) is 0. The average Bonchev–Trinajstić information content (AvgIpc) is 2.93. The van der Waals surface area contributed by atoms with Crippen LogP contribution in [0.15, 0.2) is 20.6 Å². The number of carbonyl (C=O) groups is 2. The van der Waals surface area contributed by atoms with Crippen molar-refractivity contribution in [3.05, 3.63) is 20.6 Å². The molecular formula is C6H4O4S6Zn. The van der Waals surface area contributed by atoms with Gasteiger partial charge in [0.05, 0.1) is 0 Å². The molecule has 0 spiro atoms. The fourth-order valence-corrected chi connectivity index (χ4v) is 7.60. The van der Waals surface area contributed by atoms with E-state index in [9.17, 15) is 9.59 Å². The molecule has 0 unspecified atom stereocenters. The zero-order valence-corrected chi connectivity index (χ0v) is 15.9. The molecule has 0 amide bonds. The van der Waals surface area contributed by atoms with Gasteiger partial charge < -0.3 is 10.2 Å². The minimum Gasteiger partial charge on any atom is -0.477 e. The van der Waals surface area contributed by atoms with Crippen molar-refractivity contribution in [2.45, 2.75) is 0 Å². The number of rotatable bonds is 2. The molecule has 0 aromatic carbocycles. The smallest absolute Gasteiger partial charge is 0.343 e. The van der Waals surface area contributed by atoms with Crippen LogP contribution < -0.4 is 0 Å². The fraction of sp³-hybridized carbons (Fsp3) is 0. The molecule has 2 aliphatic heterocycles. The Bertz CT molecular complexity index is 322. The van der Waals surface area contributed by atoms with Gasteiger partial charge in [-0.1, -0.05) is 21.6 Å². The van der Waals surface area contributed by atoms with Gasteiger partial charge in [-0.3, -0.25) is 0 Å². The Balaban J connectivity index is 0.000000284. The van der Waals surface area contributed by atoms with Crippen LogP contribution in [0.25, 0.3) is 0 Å². The molecule has 2 aliphatic rings. The SMILES string of the molecule is O=C(O)C1=CSSS1.O=C(O)C1=CSSS1.[Zn]. The van der Waals surface area contributed by atoms with Crippen molar-refractivity contribution < 1.29 is 39.3 Å². The Morgan fingerprint density at radius 2 is 1.24 bits per heavy atom. The van der Waals surface area contributed by atoms with Crippen molar-refractivity contribution in [3.8, 4) is 0 Å². The minimum atomic E-state index is -0.826. The number of carboxylic acids is 2. The van der Waals surface area contributed by atoms with E-state index in [-0.39, 0.29) is 19.5 Å². The van der Waals surface area contributed by atoms with Crippen LogP contribution in [0, 0.1) is 0 Å². The summed E-state index contributed by atoms with van der Waals surface area (Å²) in [7, 11) is 8.42. The first-order valence-corrected chi connectivity index (χ1v) is 10.6. The van der Waals surface area contributed by atoms with E-state index in [1.807, 2.05) is 0 Å². The predicted molar refractivity (Wildman–Crippen MR) is 77.0 cm³/mol. The van der Waals surface area contributed by atoms with Crippen LogP contribution in [0.5, 0.6) is 0 Å². The first-order chi connectivity index (χ1) is 7.61. The van der Waals surface area contributed by atoms with E-state index < -0.39 is 11.9 Å². The molecule has 0 fully saturated rings. The van der Waals surface area contributed by atoms with Crippen LogP contribution in [-0.2, 0) is 29.1 Å². The summed E-state index contributed by atoms with van der Waals surface area (Å²) in [5, 5.41) is 19.9. The van der Waals surface area contributed by atoms with Crippen molar-refractivity contribution >= 4 is 74.8 Å². The van der Waals surface area contributed by atoms with Crippen LogP contribution in [0.1, 0.15) is 0 Å². The first-order valence-electron chi connectivity index (χ1n) is 3.48. The monoisotopic (exact) mass is 396 g/mol. The Kier molecular flexibility index (Phi) is 10.7. The van der Waals surface area contributed by atoms with Gasteiger partial charge in [0.15, 0.2) is 0 Å². The van der Waals surface area contributed by atoms with Gasteiger partial charge in [0.1, 0.15) is 9.81 Å². The maximum Gasteiger partial charge on any atom is 0.343 e. The van der Waals surface area contributed by atoms with Gasteiger partial charge in [-0.15, -0.1) is 0 Å². The topological polar surface area (TPSA) is 74.6 Å². The molecule has 0 saturated heterocycles. The van der Waals surface area contributed by atoms with E-state index in [1.54, 1.807) is 10.8 Å². The summed E-state index contributed by atoms with van der Waals surface area (Å²) in [4.78, 5) is 21.0. The van der Waals surface area contributed by atoms with Crippen molar-refractivity contribution in [1.82, 2.24) is 0 Å². The van der Waals surface area contributed by atoms with Crippen LogP contribution >= 0.6 is 62.8 Å². The molecule has 0 aliphatic carbocycles. The van der Waals surface area contributed by atoms with E-state index in [0.29, 0.717) is 9.81 Å². The molecule has 0 aromatic heterocycles. The van der Waals surface area contributed by atoms with Gasteiger partial charge >= 0.3 is 11.9 Å². The molecule has 0 aromatic rings. The number of hydrogen-bond donors (Lipinski definition) is 2. The van der Waals surface area contributed by atoms with Gasteiger partial charge in [-0.2, -0.15) is 0 Å². The first kappa shape index (κ1) is 18.1. The molecule has 11 heteroatoms. The molecule has 2 heterocycles. The van der Waals surface area contributed by atoms with E-state index in [0.717, 1.165) is 0 Å². The maximum absolute atomic E-state index is 10.1. The van der Waals surface area contributed by atoms with Crippen molar-refractivity contribution in [3.63, 3.8) is 0 Å². The molecule has 4 nitrogen and oxygen atoms in total. The van der Waals surface area contributed by atoms with Crippen LogP contribution in [0.2, 0.25) is 0 Å². The summed E-state index contributed by atoms with van der Waals surface area (Å²) >= 11 is 0. The number of hydrogen-bond acceptors (Lipinski definition) is 8. The molecule has 0 radical (unpaired) electrons. The fourth-order valence-electron chi connectivity index (χ4n) is 0.451. The van der Waals surface area contributed by atoms with Crippen molar-refractivity contribution in [2.24, 2.45) is 0 Å². The number of carboxylic acid groups (broad SMARTS) is 2. The van der Waals surface area contributed by atoms with E-state index in [1.165, 1.54) is 62.8 Å². The summed E-state index contributed by atoms with van der Waals surface area (Å²) < 4.78 is 0. The summed E-state index contributed by atoms with van der Waals surface area (Å²) in [6.45, 7) is 0.